The van der Waals surface area contributed by atoms with Crippen molar-refractivity contribution in [3.63, 3.8) is 0 Å². The molecule has 0 unspecified atom stereocenters. The summed E-state index contributed by atoms with van der Waals surface area (Å²) in [5.74, 6) is -0.226. The van der Waals surface area contributed by atoms with Crippen molar-refractivity contribution in [2.75, 3.05) is 32.5 Å². The summed E-state index contributed by atoms with van der Waals surface area (Å²) in [7, 11) is -3.44. The van der Waals surface area contributed by atoms with E-state index in [1.165, 1.54) is 12.1 Å². The Morgan fingerprint density at radius 1 is 1.23 bits per heavy atom. The summed E-state index contributed by atoms with van der Waals surface area (Å²) in [6, 6.07) is 4.24. The Kier molecular flexibility index (Phi) is 5.69. The number of hydrogen-bond donors (Lipinski definition) is 1. The Balaban J connectivity index is 1.28. The van der Waals surface area contributed by atoms with Gasteiger partial charge < -0.3 is 14.7 Å². The van der Waals surface area contributed by atoms with E-state index in [0.29, 0.717) is 31.7 Å². The van der Waals surface area contributed by atoms with Crippen molar-refractivity contribution in [1.29, 1.82) is 0 Å². The van der Waals surface area contributed by atoms with Crippen LogP contribution in [0.25, 0.3) is 0 Å². The summed E-state index contributed by atoms with van der Waals surface area (Å²) < 4.78 is 42.9. The highest BCUT2D eigenvalue weighted by Gasteiger charge is 2.54. The zero-order chi connectivity index (χ0) is 21.5. The maximum Gasteiger partial charge on any atom is 0.407 e. The SMILES string of the molecule is CS(=O)(=O)c1ccc(OC[C@H]2CC[C@H](N3CCN(C(=O)O)CC34CC4)CC2)c(F)c1. The minimum atomic E-state index is -3.44. The Labute approximate surface area is 176 Å². The zero-order valence-corrected chi connectivity index (χ0v) is 18.0. The average molecular weight is 441 g/mol. The maximum atomic E-state index is 14.2. The van der Waals surface area contributed by atoms with E-state index in [2.05, 4.69) is 4.90 Å². The van der Waals surface area contributed by atoms with E-state index in [4.69, 9.17) is 4.74 Å². The van der Waals surface area contributed by atoms with Crippen LogP contribution in [0.2, 0.25) is 0 Å². The molecule has 3 aliphatic rings. The molecule has 1 amide bonds. The lowest BCUT2D eigenvalue weighted by molar-refractivity contribution is 0.00898. The van der Waals surface area contributed by atoms with Crippen LogP contribution in [0.5, 0.6) is 5.75 Å². The van der Waals surface area contributed by atoms with Crippen LogP contribution in [0.4, 0.5) is 9.18 Å². The molecule has 0 bridgehead atoms. The summed E-state index contributed by atoms with van der Waals surface area (Å²) in [4.78, 5) is 15.4. The summed E-state index contributed by atoms with van der Waals surface area (Å²) in [6.45, 7) is 2.41. The van der Waals surface area contributed by atoms with Crippen molar-refractivity contribution in [3.8, 4) is 5.75 Å². The molecule has 1 aromatic rings. The molecule has 0 radical (unpaired) electrons. The first kappa shape index (κ1) is 21.4. The first-order valence-electron chi connectivity index (χ1n) is 10.5. The normalized spacial score (nSPS) is 26.5. The number of amides is 1. The predicted molar refractivity (Wildman–Crippen MR) is 109 cm³/mol. The molecule has 1 aliphatic heterocycles. The van der Waals surface area contributed by atoms with Crippen molar-refractivity contribution < 1.29 is 27.4 Å². The molecular formula is C21H29FN2O5S. The van der Waals surface area contributed by atoms with Gasteiger partial charge in [-0.1, -0.05) is 0 Å². The van der Waals surface area contributed by atoms with Crippen molar-refractivity contribution in [3.05, 3.63) is 24.0 Å². The van der Waals surface area contributed by atoms with E-state index in [1.54, 1.807) is 4.90 Å². The third kappa shape index (κ3) is 4.42. The number of nitrogens with zero attached hydrogens (tertiary/aromatic N) is 2. The highest BCUT2D eigenvalue weighted by atomic mass is 32.2. The molecule has 1 aromatic carbocycles. The van der Waals surface area contributed by atoms with E-state index >= 15 is 0 Å². The predicted octanol–water partition coefficient (Wildman–Crippen LogP) is 3.00. The van der Waals surface area contributed by atoms with Gasteiger partial charge in [-0.05, 0) is 62.6 Å². The van der Waals surface area contributed by atoms with Crippen LogP contribution < -0.4 is 4.74 Å². The number of halogens is 1. The molecule has 7 nitrogen and oxygen atoms in total. The molecule has 0 atom stereocenters. The van der Waals surface area contributed by atoms with E-state index in [9.17, 15) is 22.7 Å². The van der Waals surface area contributed by atoms with Gasteiger partial charge in [-0.2, -0.15) is 0 Å². The second-order valence-electron chi connectivity index (χ2n) is 8.97. The lowest BCUT2D eigenvalue weighted by Crippen LogP contribution is -2.59. The molecule has 166 valence electrons. The molecule has 0 aromatic heterocycles. The van der Waals surface area contributed by atoms with Gasteiger partial charge in [0.1, 0.15) is 0 Å². The first-order valence-corrected chi connectivity index (χ1v) is 12.4. The van der Waals surface area contributed by atoms with Crippen LogP contribution in [0.15, 0.2) is 23.1 Å². The monoisotopic (exact) mass is 440 g/mol. The third-order valence-corrected chi connectivity index (χ3v) is 7.98. The maximum absolute atomic E-state index is 14.2. The zero-order valence-electron chi connectivity index (χ0n) is 17.2. The Bertz CT molecular complexity index is 910. The van der Waals surface area contributed by atoms with E-state index in [-0.39, 0.29) is 16.2 Å². The fraction of sp³-hybridized carbons (Fsp3) is 0.667. The standard InChI is InChI=1S/C21H29FN2O5S/c1-30(27,28)17-6-7-19(18(22)12-17)29-13-15-2-4-16(5-3-15)24-11-10-23(20(25)26)14-21(24)8-9-21/h6-7,12,15-16H,2-5,8-11,13-14H2,1H3,(H,25,26)/t15-,16-. The van der Waals surface area contributed by atoms with Gasteiger partial charge in [-0.15, -0.1) is 0 Å². The molecule has 4 rings (SSSR count). The lowest BCUT2D eigenvalue weighted by Gasteiger charge is -2.47. The van der Waals surface area contributed by atoms with Crippen LogP contribution in [0, 0.1) is 11.7 Å². The highest BCUT2D eigenvalue weighted by molar-refractivity contribution is 7.90. The first-order chi connectivity index (χ1) is 14.2. The Hall–Kier alpha value is -1.87. The fourth-order valence-corrected chi connectivity index (χ4v) is 5.61. The molecule has 2 aliphatic carbocycles. The number of benzene rings is 1. The minimum absolute atomic E-state index is 0.0507. The van der Waals surface area contributed by atoms with Crippen LogP contribution in [0.1, 0.15) is 38.5 Å². The molecule has 9 heteroatoms. The second kappa shape index (κ2) is 8.00. The van der Waals surface area contributed by atoms with Gasteiger partial charge in [-0.3, -0.25) is 4.90 Å². The van der Waals surface area contributed by atoms with Gasteiger partial charge >= 0.3 is 6.09 Å². The second-order valence-corrected chi connectivity index (χ2v) is 11.0. The van der Waals surface area contributed by atoms with Gasteiger partial charge in [0.05, 0.1) is 11.5 Å². The number of piperazine rings is 1. The van der Waals surface area contributed by atoms with E-state index in [1.807, 2.05) is 0 Å². The van der Waals surface area contributed by atoms with Crippen LogP contribution in [-0.4, -0.2) is 73.5 Å². The van der Waals surface area contributed by atoms with Crippen LogP contribution in [0.3, 0.4) is 0 Å². The summed E-state index contributed by atoms with van der Waals surface area (Å²) in [5.41, 5.74) is 0.0507. The number of rotatable bonds is 5. The van der Waals surface area contributed by atoms with Crippen molar-refractivity contribution in [2.24, 2.45) is 5.92 Å². The fourth-order valence-electron chi connectivity index (χ4n) is 4.97. The van der Waals surface area contributed by atoms with E-state index < -0.39 is 21.7 Å². The molecule has 1 N–H and O–H groups in total. The number of hydrogen-bond acceptors (Lipinski definition) is 5. The van der Waals surface area contributed by atoms with E-state index in [0.717, 1.165) is 57.4 Å². The molecule has 30 heavy (non-hydrogen) atoms. The number of sulfone groups is 1. The Morgan fingerprint density at radius 2 is 1.93 bits per heavy atom. The van der Waals surface area contributed by atoms with Crippen molar-refractivity contribution in [2.45, 2.75) is 55.0 Å². The average Bonchev–Trinajstić information content (AvgIpc) is 3.46. The summed E-state index contributed by atoms with van der Waals surface area (Å²) in [6.07, 6.45) is 6.43. The quantitative estimate of drug-likeness (QED) is 0.758. The molecule has 2 saturated carbocycles. The third-order valence-electron chi connectivity index (χ3n) is 6.87. The van der Waals surface area contributed by atoms with Crippen LogP contribution in [-0.2, 0) is 9.84 Å². The van der Waals surface area contributed by atoms with Gasteiger partial charge in [0.15, 0.2) is 21.4 Å². The molecular weight excluding hydrogens is 411 g/mol. The topological polar surface area (TPSA) is 87.2 Å². The molecule has 1 spiro atoms. The Morgan fingerprint density at radius 3 is 2.50 bits per heavy atom. The molecule has 3 fully saturated rings. The summed E-state index contributed by atoms with van der Waals surface area (Å²) >= 11 is 0. The molecule has 1 heterocycles. The van der Waals surface area contributed by atoms with Gasteiger partial charge in [0.25, 0.3) is 0 Å². The highest BCUT2D eigenvalue weighted by Crippen LogP contribution is 2.47. The largest absolute Gasteiger partial charge is 0.490 e. The van der Waals surface area contributed by atoms with Gasteiger partial charge in [-0.25, -0.2) is 17.6 Å². The van der Waals surface area contributed by atoms with Crippen molar-refractivity contribution >= 4 is 15.9 Å². The van der Waals surface area contributed by atoms with Gasteiger partial charge in [0, 0.05) is 37.5 Å². The van der Waals surface area contributed by atoms with Crippen LogP contribution >= 0.6 is 0 Å². The number of carboxylic acid groups (broad SMARTS) is 1. The summed E-state index contributed by atoms with van der Waals surface area (Å²) in [5, 5.41) is 9.29. The van der Waals surface area contributed by atoms with Gasteiger partial charge in [0.2, 0.25) is 0 Å². The lowest BCUT2D eigenvalue weighted by atomic mass is 9.84. The number of carbonyl (C=O) groups is 1. The smallest absolute Gasteiger partial charge is 0.407 e. The molecule has 1 saturated heterocycles. The number of ether oxygens (including phenoxy) is 1. The van der Waals surface area contributed by atoms with Crippen molar-refractivity contribution in [1.82, 2.24) is 9.80 Å². The minimum Gasteiger partial charge on any atom is -0.490 e.